The van der Waals surface area contributed by atoms with E-state index in [1.54, 1.807) is 0 Å². The SMILES string of the molecule is c1ccc(C2=NC(c3ccc(-c4cc5sc6ccccc6c5cc4C4NC(c5ccccc5)NC(c5cccc6ccccc56)N4)cc3)N=C(c3ccccc3-c3ccccc3)N2)cc1. The molecule has 2 aliphatic heterocycles. The molecule has 0 spiro atoms. The Labute approximate surface area is 382 Å². The Morgan fingerprint density at radius 1 is 0.354 bits per heavy atom. The van der Waals surface area contributed by atoms with E-state index in [0.29, 0.717) is 0 Å². The second-order valence-electron chi connectivity index (χ2n) is 16.7. The van der Waals surface area contributed by atoms with Crippen molar-refractivity contribution in [1.29, 1.82) is 0 Å². The number of aliphatic imine (C=N–C) groups is 2. The predicted molar refractivity (Wildman–Crippen MR) is 270 cm³/mol. The fourth-order valence-corrected chi connectivity index (χ4v) is 10.6. The Morgan fingerprint density at radius 3 is 1.72 bits per heavy atom. The molecule has 0 saturated carbocycles. The van der Waals surface area contributed by atoms with Crippen LogP contribution in [0.25, 0.3) is 53.2 Å². The number of thiophene rings is 1. The van der Waals surface area contributed by atoms with Crippen LogP contribution in [0.4, 0.5) is 0 Å². The molecule has 3 heterocycles. The second-order valence-corrected chi connectivity index (χ2v) is 17.7. The molecule has 4 N–H and O–H groups in total. The average molecular weight is 857 g/mol. The van der Waals surface area contributed by atoms with Gasteiger partial charge in [-0.1, -0.05) is 200 Å². The zero-order chi connectivity index (χ0) is 43.1. The molecule has 6 nitrogen and oxygen atoms in total. The van der Waals surface area contributed by atoms with Crippen LogP contribution >= 0.6 is 11.3 Å². The number of rotatable bonds is 8. The van der Waals surface area contributed by atoms with E-state index in [-0.39, 0.29) is 18.5 Å². The first kappa shape index (κ1) is 39.1. The van der Waals surface area contributed by atoms with Crippen molar-refractivity contribution in [3.05, 3.63) is 252 Å². The van der Waals surface area contributed by atoms with Crippen molar-refractivity contribution in [2.75, 3.05) is 0 Å². The minimum absolute atomic E-state index is 0.118. The summed E-state index contributed by atoms with van der Waals surface area (Å²) in [5.74, 6) is 1.59. The number of hydrogen-bond acceptors (Lipinski definition) is 7. The third-order valence-electron chi connectivity index (χ3n) is 12.7. The van der Waals surface area contributed by atoms with Crippen LogP contribution in [0, 0.1) is 0 Å². The van der Waals surface area contributed by atoms with Crippen molar-refractivity contribution in [2.45, 2.75) is 24.7 Å². The summed E-state index contributed by atoms with van der Waals surface area (Å²) in [5.41, 5.74) is 11.2. The minimum Gasteiger partial charge on any atom is -0.324 e. The van der Waals surface area contributed by atoms with Gasteiger partial charge in [-0.05, 0) is 73.5 Å². The minimum atomic E-state index is -0.454. The number of fused-ring (bicyclic) bond motifs is 4. The summed E-state index contributed by atoms with van der Waals surface area (Å²) in [4.78, 5) is 10.6. The Hall–Kier alpha value is -7.52. The van der Waals surface area contributed by atoms with Gasteiger partial charge in [-0.2, -0.15) is 0 Å². The van der Waals surface area contributed by atoms with Crippen molar-refractivity contribution < 1.29 is 0 Å². The third kappa shape index (κ3) is 7.50. The lowest BCUT2D eigenvalue weighted by Gasteiger charge is -2.40. The molecule has 1 saturated heterocycles. The molecular weight excluding hydrogens is 813 g/mol. The molecule has 12 rings (SSSR count). The van der Waals surface area contributed by atoms with E-state index in [9.17, 15) is 0 Å². The highest BCUT2D eigenvalue weighted by Crippen LogP contribution is 2.42. The Balaban J connectivity index is 0.973. The lowest BCUT2D eigenvalue weighted by atomic mass is 9.93. The molecule has 0 bridgehead atoms. The average Bonchev–Trinajstić information content (AvgIpc) is 3.76. The zero-order valence-corrected chi connectivity index (χ0v) is 36.2. The molecule has 9 aromatic carbocycles. The fraction of sp³-hybridized carbons (Fsp3) is 0.0690. The molecule has 0 radical (unpaired) electrons. The summed E-state index contributed by atoms with van der Waals surface area (Å²) in [7, 11) is 0. The van der Waals surface area contributed by atoms with Crippen LogP contribution in [0.15, 0.2) is 228 Å². The van der Waals surface area contributed by atoms with Crippen LogP contribution in [0.2, 0.25) is 0 Å². The van der Waals surface area contributed by atoms with E-state index in [1.165, 1.54) is 53.2 Å². The van der Waals surface area contributed by atoms with Crippen molar-refractivity contribution in [3.63, 3.8) is 0 Å². The summed E-state index contributed by atoms with van der Waals surface area (Å²) in [5, 5.41) is 20.6. The second kappa shape index (κ2) is 16.9. The van der Waals surface area contributed by atoms with Gasteiger partial charge in [-0.25, -0.2) is 9.98 Å². The number of amidine groups is 2. The normalized spacial score (nSPS) is 18.6. The highest BCUT2D eigenvalue weighted by Gasteiger charge is 2.32. The molecule has 1 aromatic heterocycles. The van der Waals surface area contributed by atoms with Crippen molar-refractivity contribution in [3.8, 4) is 22.3 Å². The van der Waals surface area contributed by atoms with Gasteiger partial charge in [0, 0.05) is 31.3 Å². The van der Waals surface area contributed by atoms with Gasteiger partial charge in [0.2, 0.25) is 0 Å². The Kier molecular flexibility index (Phi) is 10.2. The van der Waals surface area contributed by atoms with Gasteiger partial charge in [0.1, 0.15) is 11.7 Å². The topological polar surface area (TPSA) is 72.8 Å². The molecule has 2 aliphatic rings. The molecule has 4 unspecified atom stereocenters. The van der Waals surface area contributed by atoms with E-state index in [4.69, 9.17) is 9.98 Å². The van der Waals surface area contributed by atoms with Crippen molar-refractivity contribution in [1.82, 2.24) is 21.3 Å². The molecule has 7 heteroatoms. The lowest BCUT2D eigenvalue weighted by Crippen LogP contribution is -2.54. The van der Waals surface area contributed by atoms with Crippen molar-refractivity contribution >= 4 is 54.0 Å². The number of nitrogens with zero attached hydrogens (tertiary/aromatic N) is 2. The van der Waals surface area contributed by atoms with Gasteiger partial charge in [0.05, 0.1) is 18.5 Å². The Morgan fingerprint density at radius 2 is 0.938 bits per heavy atom. The van der Waals surface area contributed by atoms with E-state index in [1.807, 2.05) is 17.4 Å². The van der Waals surface area contributed by atoms with Gasteiger partial charge in [-0.15, -0.1) is 11.3 Å². The van der Waals surface area contributed by atoms with E-state index in [0.717, 1.165) is 45.1 Å². The van der Waals surface area contributed by atoms with E-state index < -0.39 is 6.17 Å². The van der Waals surface area contributed by atoms with Crippen LogP contribution in [0.3, 0.4) is 0 Å². The van der Waals surface area contributed by atoms with Gasteiger partial charge < -0.3 is 5.32 Å². The van der Waals surface area contributed by atoms with Gasteiger partial charge in [0.15, 0.2) is 6.17 Å². The lowest BCUT2D eigenvalue weighted by molar-refractivity contribution is 0.204. The first-order valence-corrected chi connectivity index (χ1v) is 23.0. The number of nitrogens with one attached hydrogen (secondary N) is 4. The zero-order valence-electron chi connectivity index (χ0n) is 35.4. The van der Waals surface area contributed by atoms with Crippen molar-refractivity contribution in [2.24, 2.45) is 9.98 Å². The largest absolute Gasteiger partial charge is 0.324 e. The molecule has 0 amide bonds. The van der Waals surface area contributed by atoms with Gasteiger partial charge in [0.25, 0.3) is 0 Å². The van der Waals surface area contributed by atoms with Crippen LogP contribution in [-0.4, -0.2) is 11.7 Å². The Bertz CT molecular complexity index is 3390. The summed E-state index contributed by atoms with van der Waals surface area (Å²) in [6.45, 7) is 0. The van der Waals surface area contributed by atoms with E-state index in [2.05, 4.69) is 234 Å². The smallest absolute Gasteiger partial charge is 0.169 e. The highest BCUT2D eigenvalue weighted by molar-refractivity contribution is 7.25. The predicted octanol–water partition coefficient (Wildman–Crippen LogP) is 13.2. The molecule has 10 aromatic rings. The molecule has 312 valence electrons. The van der Waals surface area contributed by atoms with Gasteiger partial charge in [-0.3, -0.25) is 16.0 Å². The monoisotopic (exact) mass is 856 g/mol. The summed E-state index contributed by atoms with van der Waals surface area (Å²) >= 11 is 1.85. The number of hydrogen-bond donors (Lipinski definition) is 4. The maximum absolute atomic E-state index is 5.33. The molecular formula is C58H44N6S. The molecule has 65 heavy (non-hydrogen) atoms. The third-order valence-corrected chi connectivity index (χ3v) is 13.8. The number of benzene rings is 9. The fourth-order valence-electron chi connectivity index (χ4n) is 9.49. The maximum Gasteiger partial charge on any atom is 0.169 e. The summed E-state index contributed by atoms with van der Waals surface area (Å²) in [6.07, 6.45) is -0.919. The first-order valence-electron chi connectivity index (χ1n) is 22.2. The van der Waals surface area contributed by atoms with E-state index >= 15 is 0 Å². The first-order chi connectivity index (χ1) is 32.2. The van der Waals surface area contributed by atoms with Crippen LogP contribution in [0.5, 0.6) is 0 Å². The van der Waals surface area contributed by atoms with Crippen LogP contribution < -0.4 is 21.3 Å². The van der Waals surface area contributed by atoms with Gasteiger partial charge >= 0.3 is 0 Å². The summed E-state index contributed by atoms with van der Waals surface area (Å²) in [6, 6.07) is 77.7. The highest BCUT2D eigenvalue weighted by atomic mass is 32.1. The van der Waals surface area contributed by atoms with Crippen LogP contribution in [-0.2, 0) is 0 Å². The molecule has 0 aliphatic carbocycles. The summed E-state index contributed by atoms with van der Waals surface area (Å²) < 4.78 is 2.54. The molecule has 1 fully saturated rings. The standard InChI is InChI=1S/C58H44N6S/c1-4-17-37(18-5-1)43-26-12-13-28-46(43)56-60-53(40-20-6-2-7-21-40)59-55(62-56)42-33-31-39(32-34-42)48-36-52-49(45-27-14-15-30-51(45)65-52)35-50(48)58-63-54(41-22-8-3-9-23-41)61-57(64-58)47-29-16-24-38-19-10-11-25-44(38)47/h1-36,54-55,57-58,61,63-64H,(H,59,60,62). The molecule has 4 atom stereocenters. The maximum atomic E-state index is 5.33. The van der Waals surface area contributed by atoms with Crippen LogP contribution in [0.1, 0.15) is 58.0 Å². The quantitative estimate of drug-likeness (QED) is 0.123.